The number of hydrogen-bond acceptors (Lipinski definition) is 3. The molecule has 0 saturated carbocycles. The first-order chi connectivity index (χ1) is 24.8. The van der Waals surface area contributed by atoms with Gasteiger partial charge in [-0.3, -0.25) is 0 Å². The van der Waals surface area contributed by atoms with Crippen molar-refractivity contribution < 1.29 is 9.36 Å². The van der Waals surface area contributed by atoms with Crippen molar-refractivity contribution in [3.05, 3.63) is 192 Å². The lowest BCUT2D eigenvalue weighted by Gasteiger charge is -2.23. The maximum atomic E-state index is 5.43. The molecule has 0 saturated heterocycles. The maximum absolute atomic E-state index is 5.43. The summed E-state index contributed by atoms with van der Waals surface area (Å²) in [5.41, 5.74) is 8.38. The maximum Gasteiger partial charge on any atom is 0.286 e. The molecular weight excluding hydrogens is 627 g/mol. The zero-order chi connectivity index (χ0) is 35.1. The summed E-state index contributed by atoms with van der Waals surface area (Å²) < 4.78 is 8.53. The molecule has 2 aromatic heterocycles. The van der Waals surface area contributed by atoms with Gasteiger partial charge in [0.15, 0.2) is 11.4 Å². The van der Waals surface area contributed by atoms with Gasteiger partial charge in [0.2, 0.25) is 0 Å². The van der Waals surface area contributed by atoms with Gasteiger partial charge >= 0.3 is 0 Å². The second-order valence-corrected chi connectivity index (χ2v) is 13.4. The van der Waals surface area contributed by atoms with Crippen molar-refractivity contribution in [3.8, 4) is 22.7 Å². The molecule has 51 heavy (non-hydrogen) atoms. The molecule has 1 aliphatic heterocycles. The van der Waals surface area contributed by atoms with Crippen LogP contribution in [0.15, 0.2) is 163 Å². The molecule has 0 radical (unpaired) electrons. The molecule has 0 fully saturated rings. The van der Waals surface area contributed by atoms with E-state index >= 15 is 0 Å². The predicted molar refractivity (Wildman–Crippen MR) is 203 cm³/mol. The highest BCUT2D eigenvalue weighted by molar-refractivity contribution is 5.77. The lowest BCUT2D eigenvalue weighted by atomic mass is 9.83. The molecule has 0 atom stereocenters. The third-order valence-corrected chi connectivity index (χ3v) is 9.93. The number of nitrogens with zero attached hydrogens (tertiary/aromatic N) is 7. The molecular formula is C44H41N7+2. The van der Waals surface area contributed by atoms with Crippen LogP contribution in [-0.4, -0.2) is 26.4 Å². The first-order valence-corrected chi connectivity index (χ1v) is 17.4. The van der Waals surface area contributed by atoms with Crippen molar-refractivity contribution in [1.82, 2.24) is 19.3 Å². The summed E-state index contributed by atoms with van der Waals surface area (Å²) in [5, 5.41) is 10.9. The number of anilines is 1. The largest absolute Gasteiger partial charge is 0.347 e. The van der Waals surface area contributed by atoms with Gasteiger partial charge in [0, 0.05) is 37.7 Å². The Balaban J connectivity index is 1.46. The summed E-state index contributed by atoms with van der Waals surface area (Å²) in [5.74, 6) is 3.49. The predicted octanol–water partition coefficient (Wildman–Crippen LogP) is 7.97. The summed E-state index contributed by atoms with van der Waals surface area (Å²) in [4.78, 5) is 2.31. The van der Waals surface area contributed by atoms with Gasteiger partial charge in [-0.15, -0.1) is 0 Å². The average molecular weight is 668 g/mol. The van der Waals surface area contributed by atoms with Crippen molar-refractivity contribution >= 4 is 11.3 Å². The second-order valence-electron chi connectivity index (χ2n) is 13.4. The van der Waals surface area contributed by atoms with E-state index in [-0.39, 0.29) is 5.41 Å². The Bertz CT molecular complexity index is 2270. The number of fused-ring (bicyclic) bond motifs is 1. The standard InChI is InChI=1S/C44H41N7/c1-32-48(34-20-10-6-11-21-34)42(45-50(32)36-24-14-8-15-25-36)38(30-31-41-44(3,4)39-28-18-19-29-40(39)47(41)5)43-46-51(37-26-16-9-17-27-37)33(2)49(43)35-22-12-7-13-23-35/h6-31H,1-5H3/q+2/b41-31-. The highest BCUT2D eigenvalue weighted by Crippen LogP contribution is 2.46. The van der Waals surface area contributed by atoms with Gasteiger partial charge in [0.1, 0.15) is 16.9 Å². The van der Waals surface area contributed by atoms with Gasteiger partial charge in [-0.1, -0.05) is 114 Å². The summed E-state index contributed by atoms with van der Waals surface area (Å²) in [7, 11) is 2.16. The zero-order valence-corrected chi connectivity index (χ0v) is 29.6. The summed E-state index contributed by atoms with van der Waals surface area (Å²) in [6.07, 6.45) is 4.47. The van der Waals surface area contributed by atoms with Crippen LogP contribution in [0.4, 0.5) is 5.69 Å². The molecule has 0 amide bonds. The summed E-state index contributed by atoms with van der Waals surface area (Å²) in [6, 6.07) is 50.2. The van der Waals surface area contributed by atoms with Crippen LogP contribution < -0.4 is 14.3 Å². The van der Waals surface area contributed by atoms with Crippen molar-refractivity contribution in [1.29, 1.82) is 0 Å². The minimum atomic E-state index is -0.212. The Kier molecular flexibility index (Phi) is 8.03. The molecule has 0 aliphatic carbocycles. The second kappa shape index (κ2) is 12.8. The molecule has 250 valence electrons. The third kappa shape index (κ3) is 5.47. The van der Waals surface area contributed by atoms with Gasteiger partial charge in [-0.2, -0.15) is 9.13 Å². The summed E-state index contributed by atoms with van der Waals surface area (Å²) >= 11 is 0. The molecule has 1 aliphatic rings. The van der Waals surface area contributed by atoms with E-state index < -0.39 is 0 Å². The highest BCUT2D eigenvalue weighted by atomic mass is 15.4. The van der Waals surface area contributed by atoms with Crippen LogP contribution in [0.25, 0.3) is 28.3 Å². The van der Waals surface area contributed by atoms with E-state index in [4.69, 9.17) is 10.2 Å². The molecule has 0 N–H and O–H groups in total. The van der Waals surface area contributed by atoms with E-state index in [1.54, 1.807) is 0 Å². The number of hydrogen-bond donors (Lipinski definition) is 0. The average Bonchev–Trinajstić information content (AvgIpc) is 3.76. The Morgan fingerprint density at radius 2 is 0.980 bits per heavy atom. The highest BCUT2D eigenvalue weighted by Gasteiger charge is 2.39. The lowest BCUT2D eigenvalue weighted by Crippen LogP contribution is -2.36. The normalized spacial score (nSPS) is 14.1. The fourth-order valence-electron chi connectivity index (χ4n) is 7.38. The fraction of sp³-hybridized carbons (Fsp3) is 0.136. The fourth-order valence-corrected chi connectivity index (χ4v) is 7.38. The van der Waals surface area contributed by atoms with E-state index in [1.807, 2.05) is 57.9 Å². The smallest absolute Gasteiger partial charge is 0.286 e. The molecule has 3 heterocycles. The molecule has 7 nitrogen and oxygen atoms in total. The first kappa shape index (κ1) is 31.9. The number of likely N-dealkylation sites (N-methyl/N-ethyl adjacent to an activating group) is 1. The Hall–Kier alpha value is -6.34. The van der Waals surface area contributed by atoms with E-state index in [2.05, 4.69) is 158 Å². The Morgan fingerprint density at radius 1 is 0.569 bits per heavy atom. The van der Waals surface area contributed by atoms with Crippen molar-refractivity contribution in [3.63, 3.8) is 0 Å². The van der Waals surface area contributed by atoms with Crippen LogP contribution in [0.2, 0.25) is 0 Å². The van der Waals surface area contributed by atoms with Crippen LogP contribution in [0.1, 0.15) is 42.7 Å². The topological polar surface area (TPSA) is 46.6 Å². The molecule has 8 rings (SSSR count). The van der Waals surface area contributed by atoms with Crippen molar-refractivity contribution in [2.45, 2.75) is 33.1 Å². The third-order valence-electron chi connectivity index (χ3n) is 9.93. The first-order valence-electron chi connectivity index (χ1n) is 17.4. The van der Waals surface area contributed by atoms with E-state index in [9.17, 15) is 0 Å². The molecule has 5 aromatic carbocycles. The number of allylic oxidation sites excluding steroid dienone is 3. The van der Waals surface area contributed by atoms with Crippen LogP contribution in [0.3, 0.4) is 0 Å². The Morgan fingerprint density at radius 3 is 1.43 bits per heavy atom. The van der Waals surface area contributed by atoms with Crippen LogP contribution in [0.5, 0.6) is 0 Å². The molecule has 7 aromatic rings. The van der Waals surface area contributed by atoms with Gasteiger partial charge in [-0.05, 0) is 82.5 Å². The quantitative estimate of drug-likeness (QED) is 0.162. The van der Waals surface area contributed by atoms with E-state index in [1.165, 1.54) is 16.9 Å². The van der Waals surface area contributed by atoms with Crippen molar-refractivity contribution in [2.24, 2.45) is 0 Å². The van der Waals surface area contributed by atoms with Crippen LogP contribution in [-0.2, 0) is 5.41 Å². The minimum absolute atomic E-state index is 0.212. The van der Waals surface area contributed by atoms with Gasteiger partial charge in [0.05, 0.1) is 0 Å². The zero-order valence-electron chi connectivity index (χ0n) is 29.6. The molecule has 0 bridgehead atoms. The monoisotopic (exact) mass is 667 g/mol. The van der Waals surface area contributed by atoms with Gasteiger partial charge in [-0.25, -0.2) is 0 Å². The van der Waals surface area contributed by atoms with Gasteiger partial charge in [0.25, 0.3) is 23.3 Å². The van der Waals surface area contributed by atoms with Crippen LogP contribution in [0, 0.1) is 13.8 Å². The molecule has 7 heteroatoms. The van der Waals surface area contributed by atoms with Gasteiger partial charge < -0.3 is 4.90 Å². The number of para-hydroxylation sites is 5. The number of benzene rings is 5. The number of aromatic nitrogens is 6. The number of rotatable bonds is 7. The lowest BCUT2D eigenvalue weighted by molar-refractivity contribution is -0.663. The molecule has 0 unspecified atom stereocenters. The Labute approximate surface area is 299 Å². The summed E-state index contributed by atoms with van der Waals surface area (Å²) in [6.45, 7) is 8.84. The van der Waals surface area contributed by atoms with E-state index in [0.717, 1.165) is 51.6 Å². The van der Waals surface area contributed by atoms with E-state index in [0.29, 0.717) is 0 Å². The SMILES string of the molecule is Cc1n(-c2ccccc2)c(C(=C/C=C2\N(C)c3ccccc3C2(C)C)c2n[n+](-c3ccccc3)c(C)n2-c2ccccc2)n[n+]1-c1ccccc1. The molecule has 0 spiro atoms. The van der Waals surface area contributed by atoms with Crippen LogP contribution >= 0.6 is 0 Å². The minimum Gasteiger partial charge on any atom is -0.347 e. The van der Waals surface area contributed by atoms with Crippen molar-refractivity contribution in [2.75, 3.05) is 11.9 Å².